The molecule has 0 aliphatic heterocycles. The maximum atomic E-state index is 12.7. The van der Waals surface area contributed by atoms with Crippen LogP contribution in [-0.4, -0.2) is 44.5 Å². The Balaban J connectivity index is 1.49. The average molecular weight is 418 g/mol. The average Bonchev–Trinajstić information content (AvgIpc) is 3.12. The van der Waals surface area contributed by atoms with E-state index < -0.39 is 12.9 Å². The summed E-state index contributed by atoms with van der Waals surface area (Å²) in [4.78, 5) is 28.6. The topological polar surface area (TPSA) is 124 Å². The molecular weight excluding hydrogens is 394 g/mol. The van der Waals surface area contributed by atoms with Crippen LogP contribution in [0.2, 0.25) is 0 Å². The Hall–Kier alpha value is -3.93. The van der Waals surface area contributed by atoms with Crippen LogP contribution in [0.25, 0.3) is 16.9 Å². The van der Waals surface area contributed by atoms with E-state index in [1.165, 1.54) is 19.3 Å². The largest absolute Gasteiger partial charge is 0.379 e. The van der Waals surface area contributed by atoms with E-state index in [2.05, 4.69) is 26.8 Å². The third-order valence-electron chi connectivity index (χ3n) is 6.03. The fraction of sp³-hybridized carbons (Fsp3) is 0.318. The minimum absolute atomic E-state index is 0.0793. The van der Waals surface area contributed by atoms with Gasteiger partial charge in [-0.2, -0.15) is 10.4 Å². The van der Waals surface area contributed by atoms with Crippen molar-refractivity contribution in [2.75, 3.05) is 12.3 Å². The first kappa shape index (κ1) is 15.8. The van der Waals surface area contributed by atoms with Gasteiger partial charge in [-0.15, -0.1) is 0 Å². The van der Waals surface area contributed by atoms with Gasteiger partial charge in [0, 0.05) is 35.3 Å². The Labute approximate surface area is 182 Å². The third kappa shape index (κ3) is 2.99. The predicted octanol–water partition coefficient (Wildman–Crippen LogP) is 1.85. The lowest BCUT2D eigenvalue weighted by molar-refractivity contribution is -0.131. The first-order valence-corrected chi connectivity index (χ1v) is 9.78. The van der Waals surface area contributed by atoms with Crippen LogP contribution in [0.15, 0.2) is 36.7 Å². The van der Waals surface area contributed by atoms with Crippen molar-refractivity contribution in [2.45, 2.75) is 37.3 Å². The molecule has 3 aromatic rings. The lowest BCUT2D eigenvalue weighted by Crippen LogP contribution is -2.81. The Bertz CT molecular complexity index is 1370. The van der Waals surface area contributed by atoms with Crippen LogP contribution in [0.1, 0.15) is 46.2 Å². The molecule has 3 aliphatic carbocycles. The molecule has 0 saturated heterocycles. The van der Waals surface area contributed by atoms with Gasteiger partial charge < -0.3 is 16.0 Å². The van der Waals surface area contributed by atoms with Gasteiger partial charge in [0.05, 0.1) is 39.9 Å². The van der Waals surface area contributed by atoms with Crippen LogP contribution in [0.3, 0.4) is 0 Å². The molecule has 0 spiro atoms. The van der Waals surface area contributed by atoms with E-state index in [1.807, 2.05) is 17.4 Å². The van der Waals surface area contributed by atoms with E-state index in [9.17, 15) is 9.59 Å². The molecule has 3 heterocycles. The lowest BCUT2D eigenvalue weighted by Gasteiger charge is -2.70. The monoisotopic (exact) mass is 418 g/mol. The Morgan fingerprint density at radius 2 is 2.03 bits per heavy atom. The summed E-state index contributed by atoms with van der Waals surface area (Å²) >= 11 is 0. The summed E-state index contributed by atoms with van der Waals surface area (Å²) in [6.07, 6.45) is 4.94. The molecule has 2 bridgehead atoms. The summed E-state index contributed by atoms with van der Waals surface area (Å²) in [7, 11) is 0. The molecule has 3 fully saturated rings. The second kappa shape index (κ2) is 6.54. The number of pyridine rings is 1. The molecule has 3 saturated carbocycles. The van der Waals surface area contributed by atoms with E-state index in [0.717, 1.165) is 0 Å². The van der Waals surface area contributed by atoms with E-state index in [1.54, 1.807) is 16.6 Å². The minimum atomic E-state index is -2.64. The van der Waals surface area contributed by atoms with Crippen LogP contribution >= 0.6 is 0 Å². The van der Waals surface area contributed by atoms with Gasteiger partial charge in [0.1, 0.15) is 6.07 Å². The number of fused-ring (bicyclic) bond motifs is 1. The summed E-state index contributed by atoms with van der Waals surface area (Å²) in [6.45, 7) is -1.15. The van der Waals surface area contributed by atoms with Crippen molar-refractivity contribution in [1.29, 1.82) is 5.26 Å². The fourth-order valence-corrected chi connectivity index (χ4v) is 4.91. The molecule has 0 aromatic carbocycles. The number of carbonyl (C=O) groups is 2. The highest BCUT2D eigenvalue weighted by molar-refractivity contribution is 6.00. The van der Waals surface area contributed by atoms with Gasteiger partial charge in [-0.1, -0.05) is 0 Å². The highest BCUT2D eigenvalue weighted by Gasteiger charge is 2.68. The van der Waals surface area contributed by atoms with Gasteiger partial charge in [-0.05, 0) is 43.5 Å². The van der Waals surface area contributed by atoms with Crippen LogP contribution in [0.4, 0.5) is 5.69 Å². The molecule has 0 atom stereocenters. The van der Waals surface area contributed by atoms with Gasteiger partial charge in [-0.3, -0.25) is 14.6 Å². The SMILES string of the molecule is [2H]C([2H])([2H])NC(=O)c1cnc(-c2ccc3cc(C#N)cnn23)cc1NC12CC(NC(C)=O)(C1)C2. The van der Waals surface area contributed by atoms with Crippen molar-refractivity contribution >= 4 is 23.0 Å². The van der Waals surface area contributed by atoms with Crippen LogP contribution < -0.4 is 16.0 Å². The number of carbonyl (C=O) groups excluding carboxylic acids is 2. The summed E-state index contributed by atoms with van der Waals surface area (Å²) in [5.41, 5.74) is 2.39. The number of amides is 2. The predicted molar refractivity (Wildman–Crippen MR) is 113 cm³/mol. The number of anilines is 1. The first-order valence-electron chi connectivity index (χ1n) is 11.3. The summed E-state index contributed by atoms with van der Waals surface area (Å²) in [6, 6.07) is 9.08. The fourth-order valence-electron chi connectivity index (χ4n) is 4.91. The number of nitrogens with one attached hydrogen (secondary N) is 3. The highest BCUT2D eigenvalue weighted by Crippen LogP contribution is 2.62. The van der Waals surface area contributed by atoms with Gasteiger partial charge in [-0.25, -0.2) is 4.52 Å². The molecule has 2 amide bonds. The number of aromatic nitrogens is 3. The zero-order valence-corrected chi connectivity index (χ0v) is 16.7. The molecule has 9 nitrogen and oxygen atoms in total. The molecule has 9 heteroatoms. The minimum Gasteiger partial charge on any atom is -0.379 e. The third-order valence-corrected chi connectivity index (χ3v) is 6.03. The molecule has 3 N–H and O–H groups in total. The summed E-state index contributed by atoms with van der Waals surface area (Å²) in [5, 5.41) is 21.8. The van der Waals surface area contributed by atoms with Crippen molar-refractivity contribution in [1.82, 2.24) is 25.2 Å². The smallest absolute Gasteiger partial charge is 0.254 e. The van der Waals surface area contributed by atoms with Crippen LogP contribution in [-0.2, 0) is 4.79 Å². The Morgan fingerprint density at radius 3 is 2.74 bits per heavy atom. The van der Waals surface area contributed by atoms with E-state index >= 15 is 0 Å². The Kier molecular flexibility index (Phi) is 3.34. The number of nitrogens with zero attached hydrogens (tertiary/aromatic N) is 4. The molecule has 0 radical (unpaired) electrons. The number of hydrogen-bond acceptors (Lipinski definition) is 6. The van der Waals surface area contributed by atoms with Crippen molar-refractivity contribution in [3.63, 3.8) is 0 Å². The van der Waals surface area contributed by atoms with Crippen molar-refractivity contribution in [2.24, 2.45) is 0 Å². The quantitative estimate of drug-likeness (QED) is 0.581. The van der Waals surface area contributed by atoms with Crippen molar-refractivity contribution in [3.8, 4) is 17.5 Å². The van der Waals surface area contributed by atoms with Crippen LogP contribution in [0.5, 0.6) is 0 Å². The normalized spacial score (nSPS) is 25.1. The Morgan fingerprint density at radius 1 is 1.23 bits per heavy atom. The second-order valence-electron chi connectivity index (χ2n) is 8.38. The zero-order chi connectivity index (χ0) is 24.3. The standard InChI is InChI=1S/C22H21N7O2/c1-13(30)27-21-10-22(11-21,12-21)28-17-6-18(25-9-16(17)20(31)24-2)19-4-3-15-5-14(7-23)8-26-29(15)19/h3-6,8-9H,10-12H2,1-2H3,(H,24,31)(H,25,28)(H,27,30)/i2D3. The second-order valence-corrected chi connectivity index (χ2v) is 8.38. The lowest BCUT2D eigenvalue weighted by atomic mass is 9.44. The van der Waals surface area contributed by atoms with Gasteiger partial charge in [0.2, 0.25) is 5.91 Å². The molecule has 6 rings (SSSR count). The molecule has 0 unspecified atom stereocenters. The zero-order valence-electron chi connectivity index (χ0n) is 19.7. The molecule has 3 aliphatic rings. The number of hydrogen-bond donors (Lipinski definition) is 3. The van der Waals surface area contributed by atoms with Crippen molar-refractivity contribution < 1.29 is 13.7 Å². The number of rotatable bonds is 5. The molecular formula is C22H21N7O2. The maximum Gasteiger partial charge on any atom is 0.254 e. The first-order chi connectivity index (χ1) is 16.0. The summed E-state index contributed by atoms with van der Waals surface area (Å²) < 4.78 is 23.8. The van der Waals surface area contributed by atoms with Crippen molar-refractivity contribution in [3.05, 3.63) is 47.8 Å². The van der Waals surface area contributed by atoms with Gasteiger partial charge >= 0.3 is 0 Å². The molecule has 3 aromatic heterocycles. The van der Waals surface area contributed by atoms with Gasteiger partial charge in [0.15, 0.2) is 0 Å². The number of nitriles is 1. The maximum absolute atomic E-state index is 12.7. The molecule has 156 valence electrons. The van der Waals surface area contributed by atoms with Gasteiger partial charge in [0.25, 0.3) is 5.91 Å². The molecule has 31 heavy (non-hydrogen) atoms. The highest BCUT2D eigenvalue weighted by atomic mass is 16.2. The van der Waals surface area contributed by atoms with Crippen LogP contribution in [0, 0.1) is 11.3 Å². The van der Waals surface area contributed by atoms with E-state index in [-0.39, 0.29) is 22.5 Å². The van der Waals surface area contributed by atoms with E-state index in [0.29, 0.717) is 47.4 Å². The van der Waals surface area contributed by atoms with E-state index in [4.69, 9.17) is 9.37 Å². The summed E-state index contributed by atoms with van der Waals surface area (Å²) in [5.74, 6) is -0.842.